The van der Waals surface area contributed by atoms with Gasteiger partial charge < -0.3 is 15.0 Å². The molecule has 22 heavy (non-hydrogen) atoms. The summed E-state index contributed by atoms with van der Waals surface area (Å²) in [7, 11) is 0. The van der Waals surface area contributed by atoms with Crippen LogP contribution >= 0.6 is 0 Å². The average Bonchev–Trinajstić information content (AvgIpc) is 3.21. The largest absolute Gasteiger partial charge is 0.480 e. The number of hydrogen-bond donors (Lipinski definition) is 2. The summed E-state index contributed by atoms with van der Waals surface area (Å²) in [6, 6.07) is 3.56. The van der Waals surface area contributed by atoms with Crippen molar-refractivity contribution < 1.29 is 19.1 Å². The van der Waals surface area contributed by atoms with Crippen LogP contribution in [0, 0.1) is 5.82 Å². The van der Waals surface area contributed by atoms with Crippen molar-refractivity contribution in [1.29, 1.82) is 0 Å². The topological polar surface area (TPSA) is 73.4 Å². The van der Waals surface area contributed by atoms with Gasteiger partial charge in [-0.25, -0.2) is 9.18 Å². The van der Waals surface area contributed by atoms with Gasteiger partial charge in [0.1, 0.15) is 11.9 Å². The molecule has 1 atom stereocenters. The van der Waals surface area contributed by atoms with Crippen LogP contribution in [0.4, 0.5) is 4.39 Å². The molecule has 1 unspecified atom stereocenters. The molecule has 0 aliphatic heterocycles. The Hall–Kier alpha value is -2.37. The molecule has 0 radical (unpaired) electrons. The minimum Gasteiger partial charge on any atom is -0.480 e. The van der Waals surface area contributed by atoms with E-state index in [-0.39, 0.29) is 24.2 Å². The number of amides is 1. The van der Waals surface area contributed by atoms with E-state index in [9.17, 15) is 14.0 Å². The van der Waals surface area contributed by atoms with Gasteiger partial charge in [0.2, 0.25) is 5.91 Å². The van der Waals surface area contributed by atoms with E-state index < -0.39 is 12.0 Å². The molecule has 1 amide bonds. The number of hydrogen-bond acceptors (Lipinski definition) is 2. The summed E-state index contributed by atoms with van der Waals surface area (Å²) >= 11 is 0. The van der Waals surface area contributed by atoms with Crippen LogP contribution in [0.15, 0.2) is 24.4 Å². The quantitative estimate of drug-likeness (QED) is 0.890. The van der Waals surface area contributed by atoms with Crippen LogP contribution in [-0.4, -0.2) is 39.0 Å². The molecule has 1 aliphatic carbocycles. The summed E-state index contributed by atoms with van der Waals surface area (Å²) in [6.45, 7) is 1.53. The van der Waals surface area contributed by atoms with Gasteiger partial charge in [0.25, 0.3) is 0 Å². The molecular formula is C16H17FN2O3. The summed E-state index contributed by atoms with van der Waals surface area (Å²) in [5, 5.41) is 9.95. The number of halogens is 1. The highest BCUT2D eigenvalue weighted by Gasteiger charge is 2.38. The number of nitrogens with one attached hydrogen (secondary N) is 1. The Balaban J connectivity index is 1.83. The number of aliphatic carboxylic acids is 1. The van der Waals surface area contributed by atoms with Crippen molar-refractivity contribution in [2.75, 3.05) is 0 Å². The number of aromatic nitrogens is 1. The van der Waals surface area contributed by atoms with Gasteiger partial charge >= 0.3 is 5.97 Å². The third-order valence-corrected chi connectivity index (χ3v) is 4.07. The highest BCUT2D eigenvalue weighted by atomic mass is 19.1. The maximum absolute atomic E-state index is 13.2. The molecule has 1 heterocycles. The molecule has 5 nitrogen and oxygen atoms in total. The number of benzene rings is 1. The third-order valence-electron chi connectivity index (χ3n) is 4.07. The zero-order valence-corrected chi connectivity index (χ0v) is 12.2. The summed E-state index contributed by atoms with van der Waals surface area (Å²) < 4.78 is 13.2. The van der Waals surface area contributed by atoms with E-state index in [2.05, 4.69) is 4.98 Å². The fourth-order valence-electron chi connectivity index (χ4n) is 2.77. The maximum atomic E-state index is 13.2. The molecule has 1 fully saturated rings. The van der Waals surface area contributed by atoms with Crippen molar-refractivity contribution in [3.63, 3.8) is 0 Å². The second-order valence-electron chi connectivity index (χ2n) is 5.73. The van der Waals surface area contributed by atoms with Crippen molar-refractivity contribution in [3.05, 3.63) is 35.8 Å². The Morgan fingerprint density at radius 2 is 2.18 bits per heavy atom. The van der Waals surface area contributed by atoms with E-state index in [0.29, 0.717) is 5.52 Å². The summed E-state index contributed by atoms with van der Waals surface area (Å²) in [5.74, 6) is -1.55. The number of nitrogens with zero attached hydrogens (tertiary/aromatic N) is 1. The van der Waals surface area contributed by atoms with Gasteiger partial charge in [-0.15, -0.1) is 0 Å². The van der Waals surface area contributed by atoms with Gasteiger partial charge in [-0.3, -0.25) is 4.79 Å². The van der Waals surface area contributed by atoms with E-state index in [1.165, 1.54) is 24.0 Å². The van der Waals surface area contributed by atoms with Crippen LogP contribution in [0.25, 0.3) is 10.9 Å². The minimum atomic E-state index is -0.999. The van der Waals surface area contributed by atoms with Crippen molar-refractivity contribution in [1.82, 2.24) is 9.88 Å². The number of carboxylic acids is 1. The zero-order valence-electron chi connectivity index (χ0n) is 12.2. The second kappa shape index (κ2) is 5.44. The molecule has 1 aromatic heterocycles. The monoisotopic (exact) mass is 304 g/mol. The van der Waals surface area contributed by atoms with Crippen molar-refractivity contribution in [3.8, 4) is 0 Å². The number of fused-ring (bicyclic) bond motifs is 1. The lowest BCUT2D eigenvalue weighted by Crippen LogP contribution is -2.45. The van der Waals surface area contributed by atoms with E-state index >= 15 is 0 Å². The number of carbonyl (C=O) groups is 2. The SMILES string of the molecule is CC(C(=O)O)N(C(=O)Cc1c[nH]c2cc(F)ccc12)C1CC1. The summed E-state index contributed by atoms with van der Waals surface area (Å²) in [5.41, 5.74) is 1.38. The first-order valence-corrected chi connectivity index (χ1v) is 7.27. The van der Waals surface area contributed by atoms with Crippen LogP contribution in [0.2, 0.25) is 0 Å². The predicted octanol–water partition coefficient (Wildman–Crippen LogP) is 2.31. The Labute approximate surface area is 126 Å². The van der Waals surface area contributed by atoms with Gasteiger partial charge in [0.15, 0.2) is 0 Å². The van der Waals surface area contributed by atoms with Crippen molar-refractivity contribution in [2.45, 2.75) is 38.3 Å². The summed E-state index contributed by atoms with van der Waals surface area (Å²) in [4.78, 5) is 28.1. The average molecular weight is 304 g/mol. The standard InChI is InChI=1S/C16H17FN2O3/c1-9(16(21)22)19(12-3-4-12)15(20)6-10-8-18-14-7-11(17)2-5-13(10)14/h2,5,7-9,12,18H,3-4,6H2,1H3,(H,21,22). The Morgan fingerprint density at radius 3 is 2.82 bits per heavy atom. The molecule has 0 spiro atoms. The van der Waals surface area contributed by atoms with Crippen LogP contribution in [0.1, 0.15) is 25.3 Å². The number of carbonyl (C=O) groups excluding carboxylic acids is 1. The highest BCUT2D eigenvalue weighted by molar-refractivity contribution is 5.90. The summed E-state index contributed by atoms with van der Waals surface area (Å²) in [6.07, 6.45) is 3.49. The zero-order chi connectivity index (χ0) is 15.9. The Morgan fingerprint density at radius 1 is 1.45 bits per heavy atom. The highest BCUT2D eigenvalue weighted by Crippen LogP contribution is 2.30. The molecule has 116 valence electrons. The van der Waals surface area contributed by atoms with Gasteiger partial charge in [-0.1, -0.05) is 0 Å². The van der Waals surface area contributed by atoms with Crippen LogP contribution < -0.4 is 0 Å². The molecule has 1 aliphatic rings. The van der Waals surface area contributed by atoms with Crippen molar-refractivity contribution >= 4 is 22.8 Å². The first kappa shape index (κ1) is 14.6. The van der Waals surface area contributed by atoms with Crippen LogP contribution in [0.3, 0.4) is 0 Å². The van der Waals surface area contributed by atoms with E-state index in [4.69, 9.17) is 5.11 Å². The second-order valence-corrected chi connectivity index (χ2v) is 5.73. The number of aromatic amines is 1. The number of H-pyrrole nitrogens is 1. The first-order valence-electron chi connectivity index (χ1n) is 7.27. The molecule has 2 N–H and O–H groups in total. The van der Waals surface area contributed by atoms with Gasteiger partial charge in [-0.05, 0) is 43.5 Å². The number of carboxylic acid groups (broad SMARTS) is 1. The van der Waals surface area contributed by atoms with Gasteiger partial charge in [0.05, 0.1) is 6.42 Å². The molecule has 6 heteroatoms. The maximum Gasteiger partial charge on any atom is 0.326 e. The molecule has 2 aromatic rings. The third kappa shape index (κ3) is 2.68. The molecule has 1 saturated carbocycles. The molecule has 3 rings (SSSR count). The molecule has 0 saturated heterocycles. The lowest BCUT2D eigenvalue weighted by molar-refractivity contribution is -0.149. The van der Waals surface area contributed by atoms with Gasteiger partial charge in [-0.2, -0.15) is 0 Å². The lowest BCUT2D eigenvalue weighted by atomic mass is 10.1. The fourth-order valence-corrected chi connectivity index (χ4v) is 2.77. The van der Waals surface area contributed by atoms with Crippen LogP contribution in [0.5, 0.6) is 0 Å². The van der Waals surface area contributed by atoms with Crippen molar-refractivity contribution in [2.24, 2.45) is 0 Å². The molecular weight excluding hydrogens is 287 g/mol. The molecule has 1 aromatic carbocycles. The number of rotatable bonds is 5. The van der Waals surface area contributed by atoms with Crippen LogP contribution in [-0.2, 0) is 16.0 Å². The first-order chi connectivity index (χ1) is 10.5. The van der Waals surface area contributed by atoms with Gasteiger partial charge in [0, 0.05) is 23.1 Å². The minimum absolute atomic E-state index is 0.0289. The Bertz CT molecular complexity index is 736. The van der Waals surface area contributed by atoms with E-state index in [1.807, 2.05) is 0 Å². The normalized spacial score (nSPS) is 15.7. The fraction of sp³-hybridized carbons (Fsp3) is 0.375. The predicted molar refractivity (Wildman–Crippen MR) is 78.9 cm³/mol. The smallest absolute Gasteiger partial charge is 0.326 e. The lowest BCUT2D eigenvalue weighted by Gasteiger charge is -2.26. The Kier molecular flexibility index (Phi) is 3.60. The van der Waals surface area contributed by atoms with E-state index in [0.717, 1.165) is 23.8 Å². The molecule has 0 bridgehead atoms. The van der Waals surface area contributed by atoms with E-state index in [1.54, 1.807) is 12.3 Å².